The molecule has 0 amide bonds. The lowest BCUT2D eigenvalue weighted by Gasteiger charge is -2.02. The topological polar surface area (TPSA) is 85.5 Å². The first-order valence-electron chi connectivity index (χ1n) is 6.97. The highest BCUT2D eigenvalue weighted by molar-refractivity contribution is 5.68. The zero-order chi connectivity index (χ0) is 16.2. The average Bonchev–Trinajstić information content (AvgIpc) is 3.03. The van der Waals surface area contributed by atoms with E-state index in [0.717, 1.165) is 16.7 Å². The Bertz CT molecular complexity index is 825. The second-order valence-corrected chi connectivity index (χ2v) is 5.00. The van der Waals surface area contributed by atoms with Gasteiger partial charge in [0, 0.05) is 11.1 Å². The SMILES string of the molecule is Cc1cccc(-c2noc(-c3ccc(OCC(=O)O)cc3)n2)c1. The third-order valence-corrected chi connectivity index (χ3v) is 3.17. The molecular weight excluding hydrogens is 296 g/mol. The van der Waals surface area contributed by atoms with E-state index in [-0.39, 0.29) is 6.61 Å². The predicted octanol–water partition coefficient (Wildman–Crippen LogP) is 3.18. The van der Waals surface area contributed by atoms with Gasteiger partial charge in [0.05, 0.1) is 0 Å². The average molecular weight is 310 g/mol. The molecule has 0 aliphatic carbocycles. The van der Waals surface area contributed by atoms with Gasteiger partial charge in [0.2, 0.25) is 5.82 Å². The Balaban J connectivity index is 1.79. The Morgan fingerprint density at radius 1 is 1.17 bits per heavy atom. The van der Waals surface area contributed by atoms with Gasteiger partial charge in [0.15, 0.2) is 6.61 Å². The number of carboxylic acid groups (broad SMARTS) is 1. The van der Waals surface area contributed by atoms with Crippen LogP contribution in [0.25, 0.3) is 22.8 Å². The molecule has 3 aromatic rings. The zero-order valence-corrected chi connectivity index (χ0v) is 12.4. The van der Waals surface area contributed by atoms with Gasteiger partial charge in [-0.3, -0.25) is 0 Å². The summed E-state index contributed by atoms with van der Waals surface area (Å²) in [5.41, 5.74) is 2.74. The maximum Gasteiger partial charge on any atom is 0.341 e. The maximum absolute atomic E-state index is 10.5. The molecule has 0 aliphatic heterocycles. The number of benzene rings is 2. The summed E-state index contributed by atoms with van der Waals surface area (Å²) < 4.78 is 10.4. The normalized spacial score (nSPS) is 10.5. The predicted molar refractivity (Wildman–Crippen MR) is 83.0 cm³/mol. The highest BCUT2D eigenvalue weighted by Gasteiger charge is 2.11. The van der Waals surface area contributed by atoms with Crippen LogP contribution in [0.15, 0.2) is 53.1 Å². The third kappa shape index (κ3) is 3.55. The molecule has 0 unspecified atom stereocenters. The van der Waals surface area contributed by atoms with Gasteiger partial charge in [0.25, 0.3) is 5.89 Å². The van der Waals surface area contributed by atoms with Gasteiger partial charge in [-0.05, 0) is 37.3 Å². The molecule has 0 saturated carbocycles. The summed E-state index contributed by atoms with van der Waals surface area (Å²) in [6.45, 7) is 1.62. The number of carboxylic acids is 1. The van der Waals surface area contributed by atoms with Gasteiger partial charge in [-0.25, -0.2) is 4.79 Å². The van der Waals surface area contributed by atoms with Gasteiger partial charge in [-0.2, -0.15) is 4.98 Å². The molecule has 3 rings (SSSR count). The Hall–Kier alpha value is -3.15. The largest absolute Gasteiger partial charge is 0.482 e. The number of nitrogens with zero attached hydrogens (tertiary/aromatic N) is 2. The van der Waals surface area contributed by atoms with E-state index in [4.69, 9.17) is 14.4 Å². The number of ether oxygens (including phenoxy) is 1. The molecular formula is C17H14N2O4. The standard InChI is InChI=1S/C17H14N2O4/c1-11-3-2-4-13(9-11)16-18-17(23-19-16)12-5-7-14(8-6-12)22-10-15(20)21/h2-9H,10H2,1H3,(H,20,21). The van der Waals surface area contributed by atoms with Crippen LogP contribution < -0.4 is 4.74 Å². The van der Waals surface area contributed by atoms with E-state index in [2.05, 4.69) is 10.1 Å². The molecule has 116 valence electrons. The van der Waals surface area contributed by atoms with E-state index < -0.39 is 5.97 Å². The van der Waals surface area contributed by atoms with Crippen molar-refractivity contribution in [1.29, 1.82) is 0 Å². The van der Waals surface area contributed by atoms with Crippen LogP contribution in [0.5, 0.6) is 5.75 Å². The van der Waals surface area contributed by atoms with E-state index in [9.17, 15) is 4.79 Å². The van der Waals surface area contributed by atoms with Crippen LogP contribution in [0.3, 0.4) is 0 Å². The fourth-order valence-electron chi connectivity index (χ4n) is 2.08. The Morgan fingerprint density at radius 2 is 1.96 bits per heavy atom. The third-order valence-electron chi connectivity index (χ3n) is 3.17. The summed E-state index contributed by atoms with van der Waals surface area (Å²) in [5, 5.41) is 12.6. The number of hydrogen-bond acceptors (Lipinski definition) is 5. The Labute approximate surface area is 132 Å². The Kier molecular flexibility index (Phi) is 4.05. The molecule has 0 saturated heterocycles. The molecule has 6 heteroatoms. The van der Waals surface area contributed by atoms with E-state index in [0.29, 0.717) is 17.5 Å². The lowest BCUT2D eigenvalue weighted by atomic mass is 10.1. The van der Waals surface area contributed by atoms with Crippen molar-refractivity contribution in [2.75, 3.05) is 6.61 Å². The molecule has 0 fully saturated rings. The molecule has 23 heavy (non-hydrogen) atoms. The number of hydrogen-bond donors (Lipinski definition) is 1. The summed E-state index contributed by atoms with van der Waals surface area (Å²) in [5.74, 6) is 0.365. The van der Waals surface area contributed by atoms with Gasteiger partial charge in [0.1, 0.15) is 5.75 Å². The summed E-state index contributed by atoms with van der Waals surface area (Å²) in [6, 6.07) is 14.6. The molecule has 0 atom stereocenters. The van der Waals surface area contributed by atoms with Crippen LogP contribution in [0, 0.1) is 6.92 Å². The number of aryl methyl sites for hydroxylation is 1. The number of aromatic nitrogens is 2. The molecule has 2 aromatic carbocycles. The highest BCUT2D eigenvalue weighted by Crippen LogP contribution is 2.24. The van der Waals surface area contributed by atoms with Gasteiger partial charge in [-0.15, -0.1) is 0 Å². The minimum Gasteiger partial charge on any atom is -0.482 e. The maximum atomic E-state index is 10.5. The van der Waals surface area contributed by atoms with Crippen molar-refractivity contribution in [2.45, 2.75) is 6.92 Å². The molecule has 0 bridgehead atoms. The van der Waals surface area contributed by atoms with Crippen molar-refractivity contribution in [3.8, 4) is 28.6 Å². The fourth-order valence-corrected chi connectivity index (χ4v) is 2.08. The van der Waals surface area contributed by atoms with Crippen molar-refractivity contribution in [2.24, 2.45) is 0 Å². The smallest absolute Gasteiger partial charge is 0.341 e. The molecule has 0 spiro atoms. The lowest BCUT2D eigenvalue weighted by Crippen LogP contribution is -2.09. The van der Waals surface area contributed by atoms with E-state index in [1.807, 2.05) is 31.2 Å². The molecule has 6 nitrogen and oxygen atoms in total. The molecule has 1 heterocycles. The van der Waals surface area contributed by atoms with Crippen LogP contribution in [0.1, 0.15) is 5.56 Å². The van der Waals surface area contributed by atoms with Gasteiger partial charge in [-0.1, -0.05) is 28.9 Å². The summed E-state index contributed by atoms with van der Waals surface area (Å²) in [7, 11) is 0. The zero-order valence-electron chi connectivity index (χ0n) is 12.4. The highest BCUT2D eigenvalue weighted by atomic mass is 16.5. The number of rotatable bonds is 5. The van der Waals surface area contributed by atoms with E-state index in [1.165, 1.54) is 0 Å². The van der Waals surface area contributed by atoms with E-state index in [1.54, 1.807) is 24.3 Å². The monoisotopic (exact) mass is 310 g/mol. The second kappa shape index (κ2) is 6.31. The van der Waals surface area contributed by atoms with Crippen LogP contribution >= 0.6 is 0 Å². The van der Waals surface area contributed by atoms with Crippen molar-refractivity contribution < 1.29 is 19.2 Å². The van der Waals surface area contributed by atoms with Crippen molar-refractivity contribution in [3.63, 3.8) is 0 Å². The molecule has 0 radical (unpaired) electrons. The van der Waals surface area contributed by atoms with Crippen LogP contribution in [0.2, 0.25) is 0 Å². The lowest BCUT2D eigenvalue weighted by molar-refractivity contribution is -0.139. The first-order chi connectivity index (χ1) is 11.1. The number of aliphatic carboxylic acids is 1. The number of carbonyl (C=O) groups is 1. The summed E-state index contributed by atoms with van der Waals surface area (Å²) in [4.78, 5) is 14.8. The van der Waals surface area contributed by atoms with Gasteiger partial charge >= 0.3 is 5.97 Å². The molecule has 1 aromatic heterocycles. The fraction of sp³-hybridized carbons (Fsp3) is 0.118. The molecule has 1 N–H and O–H groups in total. The van der Waals surface area contributed by atoms with Crippen LogP contribution in [-0.2, 0) is 4.79 Å². The van der Waals surface area contributed by atoms with Crippen molar-refractivity contribution >= 4 is 5.97 Å². The van der Waals surface area contributed by atoms with E-state index >= 15 is 0 Å². The van der Waals surface area contributed by atoms with Gasteiger partial charge < -0.3 is 14.4 Å². The van der Waals surface area contributed by atoms with Crippen LogP contribution in [0.4, 0.5) is 0 Å². The molecule has 0 aliphatic rings. The Morgan fingerprint density at radius 3 is 2.65 bits per heavy atom. The summed E-state index contributed by atoms with van der Waals surface area (Å²) in [6.07, 6.45) is 0. The first kappa shape index (κ1) is 14.8. The first-order valence-corrected chi connectivity index (χ1v) is 6.97. The minimum atomic E-state index is -1.02. The van der Waals surface area contributed by atoms with Crippen molar-refractivity contribution in [3.05, 3.63) is 54.1 Å². The quantitative estimate of drug-likeness (QED) is 0.779. The van der Waals surface area contributed by atoms with Crippen LogP contribution in [-0.4, -0.2) is 27.8 Å². The minimum absolute atomic E-state index is 0.378. The summed E-state index contributed by atoms with van der Waals surface area (Å²) >= 11 is 0. The van der Waals surface area contributed by atoms with Crippen molar-refractivity contribution in [1.82, 2.24) is 10.1 Å². The second-order valence-electron chi connectivity index (χ2n) is 5.00.